The highest BCUT2D eigenvalue weighted by Gasteiger charge is 2.14. The largest absolute Gasteiger partial charge is 0.494 e. The maximum atomic E-state index is 6.17. The zero-order chi connectivity index (χ0) is 33.9. The number of hydrogen-bond acceptors (Lipinski definition) is 4. The van der Waals surface area contributed by atoms with E-state index < -0.39 is 0 Å². The Hall–Kier alpha value is -4.03. The molecule has 0 fully saturated rings. The first-order valence-electron chi connectivity index (χ1n) is 16.8. The normalized spacial score (nSPS) is 11.2. The predicted octanol–water partition coefficient (Wildman–Crippen LogP) is 10.7. The van der Waals surface area contributed by atoms with Gasteiger partial charge < -0.3 is 18.9 Å². The third kappa shape index (κ3) is 9.76. The van der Waals surface area contributed by atoms with Gasteiger partial charge in [-0.25, -0.2) is 4.98 Å². The van der Waals surface area contributed by atoms with E-state index in [4.69, 9.17) is 37.7 Å². The summed E-state index contributed by atoms with van der Waals surface area (Å²) in [6.45, 7) is 13.2. The van der Waals surface area contributed by atoms with Gasteiger partial charge in [0.25, 0.3) is 0 Å². The molecule has 0 radical (unpaired) electrons. The second-order valence-corrected chi connectivity index (χ2v) is 13.1. The summed E-state index contributed by atoms with van der Waals surface area (Å²) in [4.78, 5) is 7.48. The molecule has 250 valence electrons. The molecule has 0 saturated heterocycles. The molecule has 0 bridgehead atoms. The molecule has 0 aliphatic carbocycles. The summed E-state index contributed by atoms with van der Waals surface area (Å²) < 4.78 is 14.4. The second kappa shape index (κ2) is 17.4. The van der Waals surface area contributed by atoms with Crippen LogP contribution in [0, 0.1) is 5.92 Å². The van der Waals surface area contributed by atoms with E-state index in [1.807, 2.05) is 60.7 Å². The standard InChI is InChI=1S/C41H45Cl2N3O2/c1-5-45(6-2)25-7-26-47-38-22-18-36(19-23-38)46-29-40(44-41(46)28-30(3)4)33-12-20-37(21-13-33)48-27-24-39(31-8-14-34(42)15-9-31)32-10-16-35(43)17-11-32/h8-24,29-30H,5-7,25-28H2,1-4H3. The molecule has 4 aromatic carbocycles. The van der Waals surface area contributed by atoms with E-state index in [-0.39, 0.29) is 0 Å². The van der Waals surface area contributed by atoms with Crippen molar-refractivity contribution in [1.82, 2.24) is 14.5 Å². The smallest absolute Gasteiger partial charge is 0.119 e. The van der Waals surface area contributed by atoms with Gasteiger partial charge in [-0.2, -0.15) is 0 Å². The molecule has 0 spiro atoms. The zero-order valence-corrected chi connectivity index (χ0v) is 29.8. The topological polar surface area (TPSA) is 39.5 Å². The fourth-order valence-electron chi connectivity index (χ4n) is 5.62. The molecule has 0 amide bonds. The summed E-state index contributed by atoms with van der Waals surface area (Å²) >= 11 is 12.3. The Balaban J connectivity index is 1.27. The summed E-state index contributed by atoms with van der Waals surface area (Å²) in [5.41, 5.74) is 6.21. The lowest BCUT2D eigenvalue weighted by molar-refractivity contribution is 0.249. The first-order chi connectivity index (χ1) is 23.3. The highest BCUT2D eigenvalue weighted by molar-refractivity contribution is 6.31. The van der Waals surface area contributed by atoms with Crippen molar-refractivity contribution in [3.63, 3.8) is 0 Å². The molecule has 1 aromatic heterocycles. The van der Waals surface area contributed by atoms with E-state index in [2.05, 4.69) is 85.8 Å². The molecule has 0 atom stereocenters. The Morgan fingerprint density at radius 3 is 1.90 bits per heavy atom. The molecule has 5 nitrogen and oxygen atoms in total. The minimum Gasteiger partial charge on any atom is -0.494 e. The number of imidazole rings is 1. The maximum Gasteiger partial charge on any atom is 0.119 e. The number of aromatic nitrogens is 2. The summed E-state index contributed by atoms with van der Waals surface area (Å²) in [7, 11) is 0. The van der Waals surface area contributed by atoms with Gasteiger partial charge in [0.05, 0.1) is 12.3 Å². The lowest BCUT2D eigenvalue weighted by Gasteiger charge is -2.17. The number of nitrogens with zero attached hydrogens (tertiary/aromatic N) is 3. The maximum absolute atomic E-state index is 6.17. The van der Waals surface area contributed by atoms with E-state index in [0.717, 1.165) is 83.4 Å². The van der Waals surface area contributed by atoms with Gasteiger partial charge in [-0.15, -0.1) is 0 Å². The highest BCUT2D eigenvalue weighted by atomic mass is 35.5. The van der Waals surface area contributed by atoms with Crippen molar-refractivity contribution in [1.29, 1.82) is 0 Å². The lowest BCUT2D eigenvalue weighted by atomic mass is 9.98. The summed E-state index contributed by atoms with van der Waals surface area (Å²) in [6, 6.07) is 32.1. The van der Waals surface area contributed by atoms with Crippen molar-refractivity contribution in [3.8, 4) is 28.4 Å². The van der Waals surface area contributed by atoms with E-state index >= 15 is 0 Å². The third-order valence-electron chi connectivity index (χ3n) is 8.26. The van der Waals surface area contributed by atoms with Crippen LogP contribution in [0.25, 0.3) is 22.5 Å². The van der Waals surface area contributed by atoms with Crippen LogP contribution in [0.2, 0.25) is 10.0 Å². The van der Waals surface area contributed by atoms with Crippen molar-refractivity contribution < 1.29 is 9.47 Å². The highest BCUT2D eigenvalue weighted by Crippen LogP contribution is 2.28. The van der Waals surface area contributed by atoms with E-state index in [0.29, 0.717) is 29.2 Å². The molecule has 5 aromatic rings. The van der Waals surface area contributed by atoms with Gasteiger partial charge in [0.1, 0.15) is 23.9 Å². The van der Waals surface area contributed by atoms with Crippen molar-refractivity contribution in [2.75, 3.05) is 32.8 Å². The monoisotopic (exact) mass is 681 g/mol. The van der Waals surface area contributed by atoms with Crippen LogP contribution in [0.1, 0.15) is 51.1 Å². The van der Waals surface area contributed by atoms with Crippen LogP contribution in [0.3, 0.4) is 0 Å². The average Bonchev–Trinajstić information content (AvgIpc) is 3.51. The van der Waals surface area contributed by atoms with E-state index in [1.54, 1.807) is 0 Å². The van der Waals surface area contributed by atoms with Gasteiger partial charge >= 0.3 is 0 Å². The van der Waals surface area contributed by atoms with Crippen LogP contribution in [-0.4, -0.2) is 47.3 Å². The Labute approximate surface area is 295 Å². The van der Waals surface area contributed by atoms with Gasteiger partial charge in [-0.3, -0.25) is 0 Å². The molecule has 7 heteroatoms. The van der Waals surface area contributed by atoms with E-state index in [1.165, 1.54) is 0 Å². The molecule has 1 heterocycles. The molecule has 48 heavy (non-hydrogen) atoms. The van der Waals surface area contributed by atoms with Crippen LogP contribution in [-0.2, 0) is 6.42 Å². The SMILES string of the molecule is CCN(CC)CCCOc1ccc(-n2cc(-c3ccc(OCC=C(c4ccc(Cl)cc4)c4ccc(Cl)cc4)cc3)nc2CC(C)C)cc1. The minimum atomic E-state index is 0.405. The Morgan fingerprint density at radius 1 is 0.771 bits per heavy atom. The number of benzene rings is 4. The van der Waals surface area contributed by atoms with Gasteiger partial charge in [-0.1, -0.05) is 75.2 Å². The second-order valence-electron chi connectivity index (χ2n) is 12.2. The number of hydrogen-bond donors (Lipinski definition) is 0. The number of halogens is 2. The quantitative estimate of drug-likeness (QED) is 0.0972. The van der Waals surface area contributed by atoms with Crippen molar-refractivity contribution in [3.05, 3.63) is 136 Å². The van der Waals surface area contributed by atoms with Crippen LogP contribution < -0.4 is 9.47 Å². The van der Waals surface area contributed by atoms with Crippen LogP contribution >= 0.6 is 23.2 Å². The molecular weight excluding hydrogens is 637 g/mol. The average molecular weight is 683 g/mol. The van der Waals surface area contributed by atoms with Crippen LogP contribution in [0.15, 0.2) is 109 Å². The van der Waals surface area contributed by atoms with Gasteiger partial charge in [0, 0.05) is 40.5 Å². The summed E-state index contributed by atoms with van der Waals surface area (Å²) in [6.07, 6.45) is 6.10. The van der Waals surface area contributed by atoms with E-state index in [9.17, 15) is 0 Å². The molecule has 0 unspecified atom stereocenters. The Morgan fingerprint density at radius 2 is 1.33 bits per heavy atom. The Bertz CT molecular complexity index is 1690. The first kappa shape index (κ1) is 35.3. The van der Waals surface area contributed by atoms with Crippen LogP contribution in [0.4, 0.5) is 0 Å². The summed E-state index contributed by atoms with van der Waals surface area (Å²) in [5.74, 6) is 3.19. The zero-order valence-electron chi connectivity index (χ0n) is 28.3. The van der Waals surface area contributed by atoms with Crippen LogP contribution in [0.5, 0.6) is 11.5 Å². The molecule has 0 aliphatic rings. The molecule has 0 saturated carbocycles. The van der Waals surface area contributed by atoms with Gasteiger partial charge in [0.2, 0.25) is 0 Å². The Kier molecular flexibility index (Phi) is 12.8. The van der Waals surface area contributed by atoms with Crippen molar-refractivity contribution in [2.45, 2.75) is 40.5 Å². The fourth-order valence-corrected chi connectivity index (χ4v) is 5.87. The number of rotatable bonds is 16. The van der Waals surface area contributed by atoms with Crippen molar-refractivity contribution >= 4 is 28.8 Å². The lowest BCUT2D eigenvalue weighted by Crippen LogP contribution is -2.25. The summed E-state index contributed by atoms with van der Waals surface area (Å²) in [5, 5.41) is 1.40. The molecule has 0 aliphatic heterocycles. The minimum absolute atomic E-state index is 0.405. The molecular formula is C41H45Cl2N3O2. The fraction of sp³-hybridized carbons (Fsp3) is 0.293. The third-order valence-corrected chi connectivity index (χ3v) is 8.77. The molecule has 5 rings (SSSR count). The van der Waals surface area contributed by atoms with Crippen molar-refractivity contribution in [2.24, 2.45) is 5.92 Å². The number of ether oxygens (including phenoxy) is 2. The van der Waals surface area contributed by atoms with Gasteiger partial charge in [-0.05, 0) is 121 Å². The first-order valence-corrected chi connectivity index (χ1v) is 17.6. The predicted molar refractivity (Wildman–Crippen MR) is 201 cm³/mol. The molecule has 0 N–H and O–H groups in total. The van der Waals surface area contributed by atoms with Gasteiger partial charge in [0.15, 0.2) is 0 Å².